The van der Waals surface area contributed by atoms with Gasteiger partial charge in [0.05, 0.1) is 13.2 Å². The molecule has 2 rings (SSSR count). The minimum atomic E-state index is -3.55. The molecule has 1 N–H and O–H groups in total. The zero-order valence-electron chi connectivity index (χ0n) is 13.5. The molecule has 0 aliphatic rings. The molecule has 0 radical (unpaired) electrons. The zero-order valence-corrected chi connectivity index (χ0v) is 15.9. The Kier molecular flexibility index (Phi) is 7.15. The lowest BCUT2D eigenvalue weighted by molar-refractivity contribution is 0.214. The number of anilines is 1. The van der Waals surface area contributed by atoms with Gasteiger partial charge in [-0.1, -0.05) is 47.5 Å². The first-order valence-electron chi connectivity index (χ1n) is 7.66. The third-order valence-electron chi connectivity index (χ3n) is 3.28. The molecule has 0 aromatic heterocycles. The molecule has 1 atom stereocenters. The number of nitrogens with one attached hydrogen (secondary N) is 1. The fourth-order valence-corrected chi connectivity index (χ4v) is 5.08. The van der Waals surface area contributed by atoms with Crippen molar-refractivity contribution in [3.63, 3.8) is 0 Å². The molecule has 0 bridgehead atoms. The first-order valence-corrected chi connectivity index (χ1v) is 10.0. The van der Waals surface area contributed by atoms with Crippen LogP contribution >= 0.6 is 30.8 Å². The zero-order chi connectivity index (χ0) is 17.6. The normalized spacial score (nSPS) is 12.8. The van der Waals surface area contributed by atoms with Crippen LogP contribution in [0.25, 0.3) is 0 Å². The Hall–Kier alpha value is -1.03. The van der Waals surface area contributed by atoms with Crippen molar-refractivity contribution in [2.45, 2.75) is 19.6 Å². The number of hydrogen-bond donors (Lipinski definition) is 1. The van der Waals surface area contributed by atoms with Crippen molar-refractivity contribution in [1.29, 1.82) is 0 Å². The van der Waals surface area contributed by atoms with Gasteiger partial charge in [-0.3, -0.25) is 4.57 Å². The smallest absolute Gasteiger partial charge is 0.357 e. The lowest BCUT2D eigenvalue weighted by Crippen LogP contribution is -2.16. The first kappa shape index (κ1) is 19.3. The predicted octanol–water partition coefficient (Wildman–Crippen LogP) is 6.37. The second-order valence-corrected chi connectivity index (χ2v) is 7.85. The average molecular weight is 388 g/mol. The molecule has 0 fully saturated rings. The fourth-order valence-electron chi connectivity index (χ4n) is 2.32. The van der Waals surface area contributed by atoms with Gasteiger partial charge in [0, 0.05) is 21.3 Å². The summed E-state index contributed by atoms with van der Waals surface area (Å²) in [5.74, 6) is -0.819. The highest BCUT2D eigenvalue weighted by Gasteiger charge is 2.39. The van der Waals surface area contributed by atoms with Crippen LogP contribution in [0.1, 0.15) is 25.2 Å². The van der Waals surface area contributed by atoms with E-state index in [2.05, 4.69) is 5.32 Å². The summed E-state index contributed by atoms with van der Waals surface area (Å²) in [4.78, 5) is 0. The summed E-state index contributed by atoms with van der Waals surface area (Å²) in [6.07, 6.45) is 0. The van der Waals surface area contributed by atoms with Gasteiger partial charge < -0.3 is 14.4 Å². The van der Waals surface area contributed by atoms with E-state index in [0.29, 0.717) is 15.6 Å². The van der Waals surface area contributed by atoms with E-state index in [-0.39, 0.29) is 13.2 Å². The van der Waals surface area contributed by atoms with Gasteiger partial charge in [-0.15, -0.1) is 0 Å². The molecule has 4 nitrogen and oxygen atoms in total. The molecule has 0 amide bonds. The van der Waals surface area contributed by atoms with Gasteiger partial charge >= 0.3 is 7.60 Å². The molecule has 0 heterocycles. The average Bonchev–Trinajstić information content (AvgIpc) is 2.55. The summed E-state index contributed by atoms with van der Waals surface area (Å²) in [7, 11) is -3.55. The monoisotopic (exact) mass is 387 g/mol. The summed E-state index contributed by atoms with van der Waals surface area (Å²) >= 11 is 12.7. The Labute approximate surface area is 152 Å². The molecule has 0 saturated heterocycles. The predicted molar refractivity (Wildman–Crippen MR) is 100 cm³/mol. The van der Waals surface area contributed by atoms with Crippen LogP contribution in [0.4, 0.5) is 5.69 Å². The number of para-hydroxylation sites is 1. The highest BCUT2D eigenvalue weighted by molar-refractivity contribution is 7.54. The van der Waals surface area contributed by atoms with Gasteiger partial charge in [-0.25, -0.2) is 0 Å². The van der Waals surface area contributed by atoms with Crippen molar-refractivity contribution in [1.82, 2.24) is 0 Å². The molecule has 24 heavy (non-hydrogen) atoms. The van der Waals surface area contributed by atoms with Crippen LogP contribution in [0.2, 0.25) is 10.0 Å². The van der Waals surface area contributed by atoms with E-state index >= 15 is 0 Å². The highest BCUT2D eigenvalue weighted by atomic mass is 35.5. The molecule has 2 aromatic carbocycles. The number of hydrogen-bond acceptors (Lipinski definition) is 4. The van der Waals surface area contributed by atoms with Gasteiger partial charge in [-0.2, -0.15) is 0 Å². The molecular formula is C17H20Cl2NO3P. The minimum Gasteiger partial charge on any atom is -0.368 e. The van der Waals surface area contributed by atoms with E-state index in [0.717, 1.165) is 5.69 Å². The summed E-state index contributed by atoms with van der Waals surface area (Å²) < 4.78 is 24.4. The molecule has 0 aliphatic carbocycles. The number of benzene rings is 2. The molecule has 2 aromatic rings. The van der Waals surface area contributed by atoms with Crippen molar-refractivity contribution in [2.24, 2.45) is 0 Å². The molecule has 0 aliphatic heterocycles. The van der Waals surface area contributed by atoms with Crippen molar-refractivity contribution in [3.05, 3.63) is 64.1 Å². The lowest BCUT2D eigenvalue weighted by Gasteiger charge is -2.29. The van der Waals surface area contributed by atoms with Gasteiger partial charge in [0.1, 0.15) is 0 Å². The maximum atomic E-state index is 13.4. The second-order valence-electron chi connectivity index (χ2n) is 4.92. The van der Waals surface area contributed by atoms with E-state index in [1.54, 1.807) is 32.0 Å². The Morgan fingerprint density at radius 1 is 0.958 bits per heavy atom. The van der Waals surface area contributed by atoms with Crippen molar-refractivity contribution < 1.29 is 13.6 Å². The fraction of sp³-hybridized carbons (Fsp3) is 0.294. The van der Waals surface area contributed by atoms with Crippen LogP contribution < -0.4 is 5.32 Å². The van der Waals surface area contributed by atoms with E-state index in [1.807, 2.05) is 30.3 Å². The first-order chi connectivity index (χ1) is 11.5. The summed E-state index contributed by atoms with van der Waals surface area (Å²) in [6, 6.07) is 14.5. The van der Waals surface area contributed by atoms with E-state index in [4.69, 9.17) is 32.2 Å². The molecule has 1 unspecified atom stereocenters. The molecular weight excluding hydrogens is 368 g/mol. The second kappa shape index (κ2) is 8.89. The van der Waals surface area contributed by atoms with Crippen LogP contribution in [0.15, 0.2) is 48.5 Å². The maximum absolute atomic E-state index is 13.4. The van der Waals surface area contributed by atoms with Gasteiger partial charge in [0.15, 0.2) is 5.78 Å². The standard InChI is InChI=1S/C17H20Cl2NO3P/c1-3-22-24(21,23-4-2)17(20-13-9-6-5-7-10-13)16-14(18)11-8-12-15(16)19/h5-12,17,20H,3-4H2,1-2H3. The lowest BCUT2D eigenvalue weighted by atomic mass is 10.2. The molecule has 130 valence electrons. The van der Waals surface area contributed by atoms with Crippen LogP contribution in [0, 0.1) is 0 Å². The van der Waals surface area contributed by atoms with Crippen molar-refractivity contribution in [3.8, 4) is 0 Å². The van der Waals surface area contributed by atoms with Crippen LogP contribution in [0.3, 0.4) is 0 Å². The van der Waals surface area contributed by atoms with Crippen LogP contribution in [-0.4, -0.2) is 13.2 Å². The Morgan fingerprint density at radius 3 is 2.00 bits per heavy atom. The maximum Gasteiger partial charge on any atom is 0.357 e. The largest absolute Gasteiger partial charge is 0.368 e. The van der Waals surface area contributed by atoms with Gasteiger partial charge in [0.25, 0.3) is 0 Å². The van der Waals surface area contributed by atoms with Crippen molar-refractivity contribution in [2.75, 3.05) is 18.5 Å². The summed E-state index contributed by atoms with van der Waals surface area (Å²) in [5.41, 5.74) is 1.26. The third kappa shape index (κ3) is 4.53. The molecule has 0 spiro atoms. The molecule has 7 heteroatoms. The highest BCUT2D eigenvalue weighted by Crippen LogP contribution is 2.62. The van der Waals surface area contributed by atoms with Crippen LogP contribution in [0.5, 0.6) is 0 Å². The van der Waals surface area contributed by atoms with E-state index < -0.39 is 13.4 Å². The van der Waals surface area contributed by atoms with Gasteiger partial charge in [-0.05, 0) is 38.1 Å². The topological polar surface area (TPSA) is 47.6 Å². The Balaban J connectivity index is 2.54. The van der Waals surface area contributed by atoms with Gasteiger partial charge in [0.2, 0.25) is 0 Å². The SMILES string of the molecule is CCOP(=O)(OCC)C(Nc1ccccc1)c1c(Cl)cccc1Cl. The molecule has 0 saturated carbocycles. The third-order valence-corrected chi connectivity index (χ3v) is 6.20. The minimum absolute atomic E-state index is 0.242. The Bertz CT molecular complexity index is 682. The quantitative estimate of drug-likeness (QED) is 0.534. The van der Waals surface area contributed by atoms with E-state index in [9.17, 15) is 4.57 Å². The Morgan fingerprint density at radius 2 is 1.50 bits per heavy atom. The van der Waals surface area contributed by atoms with Crippen molar-refractivity contribution >= 4 is 36.5 Å². The summed E-state index contributed by atoms with van der Waals surface area (Å²) in [5, 5.41) is 4.00. The van der Waals surface area contributed by atoms with E-state index in [1.165, 1.54) is 0 Å². The number of rotatable bonds is 8. The number of halogens is 2. The summed E-state index contributed by atoms with van der Waals surface area (Å²) in [6.45, 7) is 4.01. The van der Waals surface area contributed by atoms with Crippen LogP contribution in [-0.2, 0) is 13.6 Å².